The maximum absolute atomic E-state index is 4.35. The van der Waals surface area contributed by atoms with Gasteiger partial charge in [-0.1, -0.05) is 333 Å². The van der Waals surface area contributed by atoms with Gasteiger partial charge >= 0.3 is 0 Å². The molecule has 2 aromatic carbocycles. The van der Waals surface area contributed by atoms with Gasteiger partial charge in [-0.15, -0.1) is 0 Å². The number of aromatic amines is 1. The molecule has 9 rings (SSSR count). The van der Waals surface area contributed by atoms with Gasteiger partial charge in [0, 0.05) is 64.6 Å². The number of H-pyrrole nitrogens is 1. The highest BCUT2D eigenvalue weighted by Crippen LogP contribution is 2.37. The molecule has 0 unspecified atom stereocenters. The van der Waals surface area contributed by atoms with Crippen molar-refractivity contribution in [1.29, 1.82) is 0 Å². The van der Waals surface area contributed by atoms with E-state index < -0.39 is 0 Å². The monoisotopic (exact) mass is 1390 g/mol. The second kappa shape index (κ2) is 70.5. The van der Waals surface area contributed by atoms with Crippen LogP contribution in [0, 0.1) is 11.3 Å². The molecule has 6 heterocycles. The van der Waals surface area contributed by atoms with E-state index in [0.29, 0.717) is 16.4 Å². The number of nitrogens with one attached hydrogen (secondary N) is 1. The lowest BCUT2D eigenvalue weighted by Crippen LogP contribution is -2.44. The molecular weight excluding hydrogens is 1210 g/mol. The average molecular weight is 1390 g/mol. The largest absolute Gasteiger partial charge is 0.368 e. The van der Waals surface area contributed by atoms with Crippen LogP contribution in [0.3, 0.4) is 0 Å². The zero-order valence-electron chi connectivity index (χ0n) is 69.9. The first-order chi connectivity index (χ1) is 43.7. The highest BCUT2D eigenvalue weighted by Gasteiger charge is 2.30. The van der Waals surface area contributed by atoms with E-state index in [0.717, 1.165) is 23.7 Å². The molecular formula is C91H188N8. The molecule has 0 amide bonds. The van der Waals surface area contributed by atoms with Gasteiger partial charge < -0.3 is 4.90 Å². The first-order valence-electron chi connectivity index (χ1n) is 37.8. The molecule has 3 aromatic heterocycles. The second-order valence-corrected chi connectivity index (χ2v) is 28.4. The quantitative estimate of drug-likeness (QED) is 0.167. The van der Waals surface area contributed by atoms with Crippen molar-refractivity contribution in [1.82, 2.24) is 34.8 Å². The molecule has 0 bridgehead atoms. The Labute approximate surface area is 628 Å². The standard InChI is InChI=1S/C11H18N2.C11H14N2.C10H20.C10H14.C9H19N.C9H13N.C7H12N2.9C2H6.6CH4/c1-11(2,3)13-6-4-5-9-7-12-8-10(9)13;1-11(2,3)9-6-4-5-8-7-12-13-10(8)9;2*1-10(2,3)9-7-5-4-6-8-9;1-9(2,3)10-7-5-4-6-8-10;1-9(2,3)8-6-4-5-7-10-8;1-7(2,3)9-6-4-5-8-9;9*1-2;;;;;;/h7H,4-6,8H2,1-3H3;4-7H,1-3H3,(H,12,13);9H,4-8H2,1-3H3;4-8H,1-3H3;4-8H2,1-3H3;4-7H,1-3H3;4-6H,1-3H3;9*1-2H3;6*1H4. The number of aliphatic imine (C=N–C) groups is 1. The molecule has 5 aromatic rings. The van der Waals surface area contributed by atoms with Crippen LogP contribution in [0.25, 0.3) is 10.9 Å². The maximum atomic E-state index is 4.35. The zero-order chi connectivity index (χ0) is 74.3. The number of para-hydroxylation sites is 1. The average Bonchev–Trinajstić information content (AvgIpc) is 1.74. The van der Waals surface area contributed by atoms with Crippen molar-refractivity contribution >= 4 is 17.1 Å². The lowest BCUT2D eigenvalue weighted by molar-refractivity contribution is 0.111. The molecule has 1 saturated carbocycles. The summed E-state index contributed by atoms with van der Waals surface area (Å²) >= 11 is 0. The molecule has 8 nitrogen and oxygen atoms in total. The van der Waals surface area contributed by atoms with E-state index >= 15 is 0 Å². The second-order valence-electron chi connectivity index (χ2n) is 28.4. The zero-order valence-corrected chi connectivity index (χ0v) is 69.9. The van der Waals surface area contributed by atoms with Gasteiger partial charge in [-0.2, -0.15) is 10.2 Å². The first kappa shape index (κ1) is 124. The molecule has 1 aliphatic carbocycles. The summed E-state index contributed by atoms with van der Waals surface area (Å²) in [5, 5.41) is 12.4. The molecule has 2 fully saturated rings. The van der Waals surface area contributed by atoms with Crippen LogP contribution >= 0.6 is 0 Å². The van der Waals surface area contributed by atoms with Crippen LogP contribution in [0.15, 0.2) is 114 Å². The van der Waals surface area contributed by atoms with Gasteiger partial charge in [0.05, 0.1) is 23.8 Å². The van der Waals surface area contributed by atoms with E-state index in [4.69, 9.17) is 0 Å². The fourth-order valence-corrected chi connectivity index (χ4v) is 9.73. The van der Waals surface area contributed by atoms with E-state index in [1.807, 2.05) is 166 Å². The summed E-state index contributed by atoms with van der Waals surface area (Å²) in [6.45, 7) is 87.8. The van der Waals surface area contributed by atoms with E-state index in [9.17, 15) is 0 Å². The minimum absolute atomic E-state index is 0. The number of nitrogens with zero attached hydrogens (tertiary/aromatic N) is 7. The number of pyridine rings is 1. The molecule has 99 heavy (non-hydrogen) atoms. The Morgan fingerprint density at radius 1 is 0.424 bits per heavy atom. The van der Waals surface area contributed by atoms with E-state index in [-0.39, 0.29) is 66.5 Å². The Bertz CT molecular complexity index is 2290. The van der Waals surface area contributed by atoms with Crippen molar-refractivity contribution in [3.8, 4) is 0 Å². The van der Waals surface area contributed by atoms with Gasteiger partial charge in [0.15, 0.2) is 0 Å². The maximum Gasteiger partial charge on any atom is 0.0791 e. The molecule has 1 N–H and O–H groups in total. The molecule has 4 aliphatic rings. The van der Waals surface area contributed by atoms with Crippen LogP contribution in [0.5, 0.6) is 0 Å². The van der Waals surface area contributed by atoms with Crippen molar-refractivity contribution in [3.63, 3.8) is 0 Å². The normalized spacial score (nSPS) is 13.2. The molecule has 0 atom stereocenters. The summed E-state index contributed by atoms with van der Waals surface area (Å²) < 4.78 is 1.94. The molecule has 8 heteroatoms. The van der Waals surface area contributed by atoms with Crippen LogP contribution in [-0.2, 0) is 21.8 Å². The van der Waals surface area contributed by atoms with Crippen LogP contribution in [0.1, 0.15) is 396 Å². The van der Waals surface area contributed by atoms with Crippen molar-refractivity contribution in [2.45, 2.75) is 412 Å². The molecule has 1 saturated heterocycles. The third kappa shape index (κ3) is 57.6. The number of fused-ring (bicyclic) bond motifs is 1. The minimum atomic E-state index is 0. The van der Waals surface area contributed by atoms with Gasteiger partial charge in [-0.05, 0) is 171 Å². The number of piperidine rings is 1. The van der Waals surface area contributed by atoms with Gasteiger partial charge in [0.1, 0.15) is 0 Å². The number of hydrogen-bond acceptors (Lipinski definition) is 6. The lowest BCUT2D eigenvalue weighted by atomic mass is 9.72. The molecule has 3 aliphatic heterocycles. The number of aromatic nitrogens is 5. The van der Waals surface area contributed by atoms with Gasteiger partial charge in [0.2, 0.25) is 0 Å². The SMILES string of the molecule is C.C.C.C.C.C.CC.CC.CC.CC.CC.CC.CC.CC.CC.CC(C)(C)C1CCCCC1.CC(C)(C)N1CCCC2=C1CN=C2.CC(C)(C)N1CCCCC1.CC(C)(C)c1cccc2cn[nH]c12.CC(C)(C)c1ccccc1.CC(C)(C)c1ccccn1.CC(C)(C)n1cccn1. The lowest BCUT2D eigenvalue weighted by Gasteiger charge is -2.41. The third-order valence-corrected chi connectivity index (χ3v) is 14.5. The summed E-state index contributed by atoms with van der Waals surface area (Å²) in [7, 11) is 0. The first-order valence-corrected chi connectivity index (χ1v) is 37.8. The van der Waals surface area contributed by atoms with E-state index in [1.165, 1.54) is 112 Å². The Morgan fingerprint density at radius 2 is 0.889 bits per heavy atom. The minimum Gasteiger partial charge on any atom is -0.368 e. The van der Waals surface area contributed by atoms with Crippen molar-refractivity contribution in [3.05, 3.63) is 126 Å². The third-order valence-electron chi connectivity index (χ3n) is 14.5. The highest BCUT2D eigenvalue weighted by atomic mass is 15.3. The molecule has 592 valence electrons. The van der Waals surface area contributed by atoms with Crippen molar-refractivity contribution < 1.29 is 0 Å². The van der Waals surface area contributed by atoms with E-state index in [2.05, 4.69) is 241 Å². The van der Waals surface area contributed by atoms with Crippen LogP contribution in [0.2, 0.25) is 0 Å². The van der Waals surface area contributed by atoms with Crippen LogP contribution < -0.4 is 0 Å². The number of benzene rings is 2. The Morgan fingerprint density at radius 3 is 1.21 bits per heavy atom. The number of allylic oxidation sites excluding steroid dienone is 1. The Balaban J connectivity index is -0.0000000757. The predicted octanol–water partition coefficient (Wildman–Crippen LogP) is 31.0. The summed E-state index contributed by atoms with van der Waals surface area (Å²) in [4.78, 5) is 13.7. The smallest absolute Gasteiger partial charge is 0.0791 e. The van der Waals surface area contributed by atoms with Gasteiger partial charge in [0.25, 0.3) is 0 Å². The van der Waals surface area contributed by atoms with Crippen molar-refractivity contribution in [2.24, 2.45) is 16.3 Å². The summed E-state index contributed by atoms with van der Waals surface area (Å²) in [6, 6.07) is 24.8. The van der Waals surface area contributed by atoms with Gasteiger partial charge in [-0.3, -0.25) is 24.7 Å². The number of hydrogen-bond donors (Lipinski definition) is 1. The van der Waals surface area contributed by atoms with Gasteiger partial charge in [-0.25, -0.2) is 0 Å². The fraction of sp³-hybridized carbons (Fsp3) is 0.736. The van der Waals surface area contributed by atoms with E-state index in [1.54, 1.807) is 6.20 Å². The highest BCUT2D eigenvalue weighted by molar-refractivity contribution is 5.83. The summed E-state index contributed by atoms with van der Waals surface area (Å²) in [5.74, 6) is 1.00. The van der Waals surface area contributed by atoms with Crippen LogP contribution in [0.4, 0.5) is 0 Å². The molecule has 0 radical (unpaired) electrons. The topological polar surface area (TPSA) is 78.2 Å². The summed E-state index contributed by atoms with van der Waals surface area (Å²) in [6.07, 6.45) is 23.7. The molecule has 0 spiro atoms. The predicted molar refractivity (Wildman–Crippen MR) is 470 cm³/mol. The Hall–Kier alpha value is -4.56. The van der Waals surface area contributed by atoms with Crippen molar-refractivity contribution in [2.75, 3.05) is 26.2 Å². The summed E-state index contributed by atoms with van der Waals surface area (Å²) in [5.41, 5.74) is 9.98. The van der Waals surface area contributed by atoms with Crippen LogP contribution in [-0.4, -0.2) is 78.2 Å². The fourth-order valence-electron chi connectivity index (χ4n) is 9.73. The number of rotatable bonds is 0. The number of likely N-dealkylation sites (tertiary alicyclic amines) is 1. The Kier molecular flexibility index (Phi) is 88.5.